The number of amides is 1. The van der Waals surface area contributed by atoms with Crippen LogP contribution in [0, 0.1) is 6.92 Å². The van der Waals surface area contributed by atoms with Gasteiger partial charge in [-0.2, -0.15) is 8.78 Å². The third-order valence-corrected chi connectivity index (χ3v) is 3.77. The lowest BCUT2D eigenvalue weighted by atomic mass is 10.1. The number of hydrogen-bond acceptors (Lipinski definition) is 5. The minimum atomic E-state index is -2.94. The Hall–Kier alpha value is -3.16. The second-order valence-corrected chi connectivity index (χ2v) is 5.91. The molecule has 150 valence electrons. The SMILES string of the molecule is COc1cc(CCNC(=O)COC(=O)c2cccc(C)c2)ccc1OC(F)F. The van der Waals surface area contributed by atoms with Crippen molar-refractivity contribution >= 4 is 11.9 Å². The lowest BCUT2D eigenvalue weighted by Crippen LogP contribution is -2.30. The van der Waals surface area contributed by atoms with Gasteiger partial charge in [-0.05, 0) is 43.2 Å². The number of hydrogen-bond donors (Lipinski definition) is 1. The maximum absolute atomic E-state index is 12.3. The van der Waals surface area contributed by atoms with E-state index < -0.39 is 25.1 Å². The summed E-state index contributed by atoms with van der Waals surface area (Å²) < 4.78 is 39.0. The predicted molar refractivity (Wildman–Crippen MR) is 97.8 cm³/mol. The molecule has 0 fully saturated rings. The van der Waals surface area contributed by atoms with E-state index in [4.69, 9.17) is 9.47 Å². The first-order chi connectivity index (χ1) is 13.4. The third kappa shape index (κ3) is 6.53. The van der Waals surface area contributed by atoms with Gasteiger partial charge in [0.1, 0.15) is 0 Å². The number of benzene rings is 2. The molecule has 0 aromatic heterocycles. The van der Waals surface area contributed by atoms with Crippen molar-refractivity contribution in [1.29, 1.82) is 0 Å². The van der Waals surface area contributed by atoms with E-state index in [2.05, 4.69) is 10.1 Å². The van der Waals surface area contributed by atoms with E-state index in [1.165, 1.54) is 13.2 Å². The number of aryl methyl sites for hydroxylation is 1. The summed E-state index contributed by atoms with van der Waals surface area (Å²) in [4.78, 5) is 23.7. The first kappa shape index (κ1) is 21.1. The molecule has 0 unspecified atom stereocenters. The first-order valence-electron chi connectivity index (χ1n) is 8.51. The van der Waals surface area contributed by atoms with Crippen LogP contribution >= 0.6 is 0 Å². The Morgan fingerprint density at radius 3 is 2.57 bits per heavy atom. The van der Waals surface area contributed by atoms with Crippen LogP contribution < -0.4 is 14.8 Å². The van der Waals surface area contributed by atoms with Gasteiger partial charge in [0, 0.05) is 6.54 Å². The van der Waals surface area contributed by atoms with Gasteiger partial charge in [-0.3, -0.25) is 4.79 Å². The minimum Gasteiger partial charge on any atom is -0.493 e. The Labute approximate surface area is 161 Å². The number of carbonyl (C=O) groups excluding carboxylic acids is 2. The summed E-state index contributed by atoms with van der Waals surface area (Å²) >= 11 is 0. The van der Waals surface area contributed by atoms with Crippen molar-refractivity contribution in [3.63, 3.8) is 0 Å². The lowest BCUT2D eigenvalue weighted by molar-refractivity contribution is -0.124. The fourth-order valence-corrected chi connectivity index (χ4v) is 2.44. The van der Waals surface area contributed by atoms with Gasteiger partial charge in [0.25, 0.3) is 5.91 Å². The van der Waals surface area contributed by atoms with Crippen LogP contribution in [0.15, 0.2) is 42.5 Å². The van der Waals surface area contributed by atoms with Gasteiger partial charge >= 0.3 is 12.6 Å². The molecule has 1 N–H and O–H groups in total. The van der Waals surface area contributed by atoms with Crippen LogP contribution in [0.25, 0.3) is 0 Å². The van der Waals surface area contributed by atoms with E-state index >= 15 is 0 Å². The number of rotatable bonds is 9. The van der Waals surface area contributed by atoms with Crippen LogP contribution in [-0.4, -0.2) is 38.7 Å². The second kappa shape index (κ2) is 10.2. The molecule has 0 bridgehead atoms. The third-order valence-electron chi connectivity index (χ3n) is 3.77. The topological polar surface area (TPSA) is 73.9 Å². The number of nitrogens with one attached hydrogen (secondary N) is 1. The minimum absolute atomic E-state index is 0.0617. The zero-order valence-corrected chi connectivity index (χ0v) is 15.5. The average Bonchev–Trinajstić information content (AvgIpc) is 2.66. The first-order valence-corrected chi connectivity index (χ1v) is 8.51. The highest BCUT2D eigenvalue weighted by atomic mass is 19.3. The number of esters is 1. The van der Waals surface area contributed by atoms with Crippen LogP contribution in [0.2, 0.25) is 0 Å². The summed E-state index contributed by atoms with van der Waals surface area (Å²) in [6.45, 7) is -1.21. The molecule has 0 aliphatic rings. The molecule has 0 aliphatic heterocycles. The highest BCUT2D eigenvalue weighted by molar-refractivity contribution is 5.91. The number of halogens is 2. The zero-order chi connectivity index (χ0) is 20.5. The Kier molecular flexibility index (Phi) is 7.74. The largest absolute Gasteiger partial charge is 0.493 e. The quantitative estimate of drug-likeness (QED) is 0.663. The number of methoxy groups -OCH3 is 1. The van der Waals surface area contributed by atoms with E-state index in [-0.39, 0.29) is 18.0 Å². The van der Waals surface area contributed by atoms with Crippen molar-refractivity contribution in [1.82, 2.24) is 5.32 Å². The highest BCUT2D eigenvalue weighted by Crippen LogP contribution is 2.29. The van der Waals surface area contributed by atoms with Crippen molar-refractivity contribution in [3.05, 3.63) is 59.2 Å². The summed E-state index contributed by atoms with van der Waals surface area (Å²) in [5.41, 5.74) is 2.06. The van der Waals surface area contributed by atoms with Gasteiger partial charge in [0.05, 0.1) is 12.7 Å². The molecule has 0 saturated heterocycles. The van der Waals surface area contributed by atoms with Gasteiger partial charge in [0.2, 0.25) is 0 Å². The highest BCUT2D eigenvalue weighted by Gasteiger charge is 2.12. The van der Waals surface area contributed by atoms with Gasteiger partial charge in [-0.25, -0.2) is 4.79 Å². The molecule has 0 atom stereocenters. The smallest absolute Gasteiger partial charge is 0.387 e. The van der Waals surface area contributed by atoms with Crippen molar-refractivity contribution in [2.45, 2.75) is 20.0 Å². The summed E-state index contributed by atoms with van der Waals surface area (Å²) in [5, 5.41) is 2.63. The van der Waals surface area contributed by atoms with Gasteiger partial charge in [-0.1, -0.05) is 23.8 Å². The fourth-order valence-electron chi connectivity index (χ4n) is 2.44. The molecule has 2 aromatic carbocycles. The number of carbonyl (C=O) groups is 2. The van der Waals surface area contributed by atoms with E-state index in [0.29, 0.717) is 12.0 Å². The van der Waals surface area contributed by atoms with Crippen LogP contribution in [0.1, 0.15) is 21.5 Å². The number of ether oxygens (including phenoxy) is 3. The summed E-state index contributed by atoms with van der Waals surface area (Å²) in [5.74, 6) is -0.895. The molecular formula is C20H21F2NO5. The molecule has 6 nitrogen and oxygen atoms in total. The molecule has 0 spiro atoms. The maximum atomic E-state index is 12.3. The molecule has 0 heterocycles. The molecule has 28 heavy (non-hydrogen) atoms. The normalized spacial score (nSPS) is 10.5. The Morgan fingerprint density at radius 1 is 1.11 bits per heavy atom. The van der Waals surface area contributed by atoms with E-state index in [1.807, 2.05) is 13.0 Å². The monoisotopic (exact) mass is 393 g/mol. The van der Waals surface area contributed by atoms with Crippen LogP contribution in [-0.2, 0) is 16.0 Å². The Bertz CT molecular complexity index is 826. The Balaban J connectivity index is 1.78. The molecule has 8 heteroatoms. The molecule has 1 amide bonds. The summed E-state index contributed by atoms with van der Waals surface area (Å²) in [6, 6.07) is 11.4. The van der Waals surface area contributed by atoms with Crippen LogP contribution in [0.5, 0.6) is 11.5 Å². The van der Waals surface area contributed by atoms with Crippen molar-refractivity contribution in [2.75, 3.05) is 20.3 Å². The van der Waals surface area contributed by atoms with Gasteiger partial charge < -0.3 is 19.5 Å². The van der Waals surface area contributed by atoms with Gasteiger partial charge in [-0.15, -0.1) is 0 Å². The predicted octanol–water partition coefficient (Wildman–Crippen LogP) is 3.12. The summed E-state index contributed by atoms with van der Waals surface area (Å²) in [7, 11) is 1.35. The maximum Gasteiger partial charge on any atom is 0.387 e. The summed E-state index contributed by atoms with van der Waals surface area (Å²) in [6.07, 6.45) is 0.433. The molecule has 0 aliphatic carbocycles. The molecule has 2 rings (SSSR count). The second-order valence-electron chi connectivity index (χ2n) is 5.91. The molecule has 0 radical (unpaired) electrons. The standard InChI is InChI=1S/C20H21F2NO5/c1-13-4-3-5-15(10-13)19(25)27-12-18(24)23-9-8-14-6-7-16(28-20(21)22)17(11-14)26-2/h3-7,10-11,20H,8-9,12H2,1-2H3,(H,23,24). The average molecular weight is 393 g/mol. The Morgan fingerprint density at radius 2 is 1.89 bits per heavy atom. The van der Waals surface area contributed by atoms with Crippen molar-refractivity contribution in [2.24, 2.45) is 0 Å². The zero-order valence-electron chi connectivity index (χ0n) is 15.5. The van der Waals surface area contributed by atoms with Crippen molar-refractivity contribution in [3.8, 4) is 11.5 Å². The van der Waals surface area contributed by atoms with Gasteiger partial charge in [0.15, 0.2) is 18.1 Å². The number of alkyl halides is 2. The molecular weight excluding hydrogens is 372 g/mol. The van der Waals surface area contributed by atoms with Crippen molar-refractivity contribution < 1.29 is 32.6 Å². The van der Waals surface area contributed by atoms with Crippen LogP contribution in [0.4, 0.5) is 8.78 Å². The van der Waals surface area contributed by atoms with E-state index in [1.54, 1.807) is 30.3 Å². The fraction of sp³-hybridized carbons (Fsp3) is 0.300. The lowest BCUT2D eigenvalue weighted by Gasteiger charge is -2.12. The molecule has 2 aromatic rings. The van der Waals surface area contributed by atoms with E-state index in [0.717, 1.165) is 11.1 Å². The van der Waals surface area contributed by atoms with Crippen LogP contribution in [0.3, 0.4) is 0 Å². The van der Waals surface area contributed by atoms with E-state index in [9.17, 15) is 18.4 Å². The molecule has 0 saturated carbocycles.